The molecule has 1 atom stereocenters. The van der Waals surface area contributed by atoms with E-state index in [1.165, 1.54) is 0 Å². The van der Waals surface area contributed by atoms with Gasteiger partial charge in [-0.25, -0.2) is 5.48 Å². The molecule has 0 fully saturated rings. The minimum atomic E-state index is -1.94. The van der Waals surface area contributed by atoms with Crippen molar-refractivity contribution in [3.63, 3.8) is 0 Å². The van der Waals surface area contributed by atoms with Gasteiger partial charge in [-0.2, -0.15) is 0 Å². The van der Waals surface area contributed by atoms with Crippen molar-refractivity contribution in [2.75, 3.05) is 13.1 Å². The third-order valence-electron chi connectivity index (χ3n) is 3.02. The SMILES string of the molecule is NCCNOC(CC(=O)O)C(CC(=O)O)(CC(=O)O)CC(=O)O.[NaH].[NaH]. The van der Waals surface area contributed by atoms with Crippen LogP contribution in [0.4, 0.5) is 0 Å². The van der Waals surface area contributed by atoms with Gasteiger partial charge in [0.1, 0.15) is 0 Å². The van der Waals surface area contributed by atoms with E-state index >= 15 is 0 Å². The molecule has 25 heavy (non-hydrogen) atoms. The predicted molar refractivity (Wildman–Crippen MR) is 87.7 cm³/mol. The Morgan fingerprint density at radius 3 is 1.56 bits per heavy atom. The molecule has 11 nitrogen and oxygen atoms in total. The Hall–Kier alpha value is -0.240. The number of hydroxylamine groups is 1. The molecule has 0 saturated carbocycles. The van der Waals surface area contributed by atoms with Crippen molar-refractivity contribution >= 4 is 83.0 Å². The summed E-state index contributed by atoms with van der Waals surface area (Å²) in [6.45, 7) is 0.197. The summed E-state index contributed by atoms with van der Waals surface area (Å²) in [5.41, 5.74) is 5.58. The van der Waals surface area contributed by atoms with E-state index in [4.69, 9.17) is 31.0 Å². The summed E-state index contributed by atoms with van der Waals surface area (Å²) in [6, 6.07) is 0. The monoisotopic (exact) mass is 384 g/mol. The van der Waals surface area contributed by atoms with Crippen LogP contribution in [0.1, 0.15) is 25.7 Å². The second-order valence-electron chi connectivity index (χ2n) is 4.96. The molecule has 0 spiro atoms. The van der Waals surface area contributed by atoms with Crippen LogP contribution in [0.2, 0.25) is 0 Å². The number of hydrogen-bond donors (Lipinski definition) is 6. The van der Waals surface area contributed by atoms with E-state index in [2.05, 4.69) is 5.48 Å². The zero-order valence-corrected chi connectivity index (χ0v) is 12.2. The van der Waals surface area contributed by atoms with Gasteiger partial charge in [0, 0.05) is 18.5 Å². The number of aliphatic carboxylic acids is 4. The van der Waals surface area contributed by atoms with Gasteiger partial charge in [-0.05, 0) is 0 Å². The van der Waals surface area contributed by atoms with Crippen LogP contribution in [0.15, 0.2) is 0 Å². The van der Waals surface area contributed by atoms with Crippen molar-refractivity contribution in [2.45, 2.75) is 31.8 Å². The molecule has 0 aliphatic rings. The molecule has 0 aromatic rings. The molecule has 0 rings (SSSR count). The summed E-state index contributed by atoms with van der Waals surface area (Å²) in [5, 5.41) is 35.9. The van der Waals surface area contributed by atoms with Crippen LogP contribution >= 0.6 is 0 Å². The van der Waals surface area contributed by atoms with E-state index in [1.807, 2.05) is 0 Å². The number of hydrogen-bond acceptors (Lipinski definition) is 7. The summed E-state index contributed by atoms with van der Waals surface area (Å²) in [5.74, 6) is -5.80. The Kier molecular flexibility index (Phi) is 17.6. The van der Waals surface area contributed by atoms with Crippen LogP contribution in [0, 0.1) is 5.41 Å². The molecule has 0 saturated heterocycles. The topological polar surface area (TPSA) is 196 Å². The Morgan fingerprint density at radius 2 is 1.28 bits per heavy atom. The van der Waals surface area contributed by atoms with Crippen molar-refractivity contribution in [3.8, 4) is 0 Å². The minimum absolute atomic E-state index is 0. The van der Waals surface area contributed by atoms with Crippen LogP contribution in [0.5, 0.6) is 0 Å². The Morgan fingerprint density at radius 1 is 0.880 bits per heavy atom. The standard InChI is InChI=1S/C12H20N2O9.2Na.2H/c13-1-2-14-23-7(3-8(15)16)12(4-9(17)18,5-10(19)20)6-11(21)22;;;;/h7,14H,1-6,13H2,(H,15,16)(H,17,18)(H,19,20)(H,21,22);;;;. The Balaban J connectivity index is -0.00000242. The quantitative estimate of drug-likeness (QED) is 0.111. The zero-order chi connectivity index (χ0) is 18.0. The number of nitrogens with one attached hydrogen (secondary N) is 1. The van der Waals surface area contributed by atoms with E-state index in [1.54, 1.807) is 0 Å². The molecule has 0 aromatic heterocycles. The fourth-order valence-corrected chi connectivity index (χ4v) is 2.19. The van der Waals surface area contributed by atoms with Gasteiger partial charge >= 0.3 is 83.0 Å². The van der Waals surface area contributed by atoms with E-state index in [0.29, 0.717) is 0 Å². The first-order valence-electron chi connectivity index (χ1n) is 6.58. The first-order chi connectivity index (χ1) is 10.6. The van der Waals surface area contributed by atoms with E-state index < -0.39 is 61.1 Å². The summed E-state index contributed by atoms with van der Waals surface area (Å²) in [6.07, 6.45) is -4.91. The van der Waals surface area contributed by atoms with Crippen LogP contribution in [-0.4, -0.2) is 123 Å². The molecule has 0 aliphatic carbocycles. The van der Waals surface area contributed by atoms with Gasteiger partial charge < -0.3 is 26.2 Å². The number of carbonyl (C=O) groups is 4. The molecule has 0 aromatic carbocycles. The molecule has 0 heterocycles. The van der Waals surface area contributed by atoms with Crippen LogP contribution < -0.4 is 11.2 Å². The number of carboxylic acid groups (broad SMARTS) is 4. The van der Waals surface area contributed by atoms with Gasteiger partial charge in [0.05, 0.1) is 31.8 Å². The maximum atomic E-state index is 11.1. The maximum absolute atomic E-state index is 11.1. The third kappa shape index (κ3) is 12.7. The zero-order valence-electron chi connectivity index (χ0n) is 12.2. The molecule has 0 bridgehead atoms. The molecular weight excluding hydrogens is 362 g/mol. The van der Waals surface area contributed by atoms with Crippen LogP contribution in [0.3, 0.4) is 0 Å². The van der Waals surface area contributed by atoms with Gasteiger partial charge in [-0.3, -0.25) is 24.0 Å². The van der Waals surface area contributed by atoms with E-state index in [-0.39, 0.29) is 72.2 Å². The van der Waals surface area contributed by atoms with Crippen molar-refractivity contribution in [2.24, 2.45) is 11.1 Å². The summed E-state index contributed by atoms with van der Waals surface area (Å²) < 4.78 is 0. The van der Waals surface area contributed by atoms with Gasteiger partial charge in [-0.1, -0.05) is 0 Å². The van der Waals surface area contributed by atoms with E-state index in [0.717, 1.165) is 0 Å². The van der Waals surface area contributed by atoms with Crippen molar-refractivity contribution in [3.05, 3.63) is 0 Å². The normalized spacial score (nSPS) is 11.6. The molecule has 7 N–H and O–H groups in total. The van der Waals surface area contributed by atoms with Gasteiger partial charge in [0.25, 0.3) is 0 Å². The van der Waals surface area contributed by atoms with Crippen LogP contribution in [0.25, 0.3) is 0 Å². The Bertz CT molecular complexity index is 421. The molecule has 0 aliphatic heterocycles. The molecule has 1 unspecified atom stereocenters. The summed E-state index contributed by atoms with van der Waals surface area (Å²) in [4.78, 5) is 49.2. The second kappa shape index (κ2) is 14.9. The molecule has 0 amide bonds. The molecule has 13 heteroatoms. The number of rotatable bonds is 13. The van der Waals surface area contributed by atoms with Gasteiger partial charge in [0.15, 0.2) is 0 Å². The molecule has 136 valence electrons. The molecular formula is C12H22N2Na2O9. The van der Waals surface area contributed by atoms with Crippen molar-refractivity contribution < 1.29 is 44.4 Å². The fourth-order valence-electron chi connectivity index (χ4n) is 2.19. The summed E-state index contributed by atoms with van der Waals surface area (Å²) in [7, 11) is 0. The number of nitrogens with two attached hydrogens (primary N) is 1. The number of carboxylic acids is 4. The molecule has 0 radical (unpaired) electrons. The predicted octanol–water partition coefficient (Wildman–Crippen LogP) is -2.58. The summed E-state index contributed by atoms with van der Waals surface area (Å²) >= 11 is 0. The first kappa shape index (κ1) is 29.5. The average Bonchev–Trinajstić information content (AvgIpc) is 2.34. The third-order valence-corrected chi connectivity index (χ3v) is 3.02. The fraction of sp³-hybridized carbons (Fsp3) is 0.667. The van der Waals surface area contributed by atoms with Crippen molar-refractivity contribution in [1.82, 2.24) is 5.48 Å². The van der Waals surface area contributed by atoms with Gasteiger partial charge in [-0.15, -0.1) is 0 Å². The average molecular weight is 384 g/mol. The van der Waals surface area contributed by atoms with Crippen molar-refractivity contribution in [1.29, 1.82) is 0 Å². The van der Waals surface area contributed by atoms with E-state index in [9.17, 15) is 19.2 Å². The Labute approximate surface area is 187 Å². The second-order valence-corrected chi connectivity index (χ2v) is 4.96. The van der Waals surface area contributed by atoms with Gasteiger partial charge in [0.2, 0.25) is 0 Å². The first-order valence-corrected chi connectivity index (χ1v) is 6.58. The van der Waals surface area contributed by atoms with Crippen LogP contribution in [-0.2, 0) is 24.0 Å².